The standard InChI is InChI=1S/C16H19NO2S/c1-2-16(15-11-7-4-8-12-15)17-20(18,19)13-14-9-5-3-6-10-14/h3-12,16-17H,2,13H2,1H3/t16-/m0/s1. The molecule has 0 aliphatic carbocycles. The predicted molar refractivity (Wildman–Crippen MR) is 81.7 cm³/mol. The fourth-order valence-electron chi connectivity index (χ4n) is 2.12. The minimum atomic E-state index is -3.34. The molecule has 2 rings (SSSR count). The topological polar surface area (TPSA) is 46.2 Å². The summed E-state index contributed by atoms with van der Waals surface area (Å²) in [6, 6.07) is 18.7. The van der Waals surface area contributed by atoms with Gasteiger partial charge in [-0.25, -0.2) is 13.1 Å². The van der Waals surface area contributed by atoms with Crippen molar-refractivity contribution in [2.75, 3.05) is 0 Å². The van der Waals surface area contributed by atoms with E-state index in [1.165, 1.54) is 0 Å². The van der Waals surface area contributed by atoms with Crippen molar-refractivity contribution in [3.63, 3.8) is 0 Å². The summed E-state index contributed by atoms with van der Waals surface area (Å²) >= 11 is 0. The fourth-order valence-corrected chi connectivity index (χ4v) is 3.58. The lowest BCUT2D eigenvalue weighted by molar-refractivity contribution is 0.549. The van der Waals surface area contributed by atoms with Crippen molar-refractivity contribution < 1.29 is 8.42 Å². The summed E-state index contributed by atoms with van der Waals surface area (Å²) in [7, 11) is -3.34. The van der Waals surface area contributed by atoms with Gasteiger partial charge in [0.2, 0.25) is 10.0 Å². The molecule has 4 heteroatoms. The van der Waals surface area contributed by atoms with E-state index in [0.29, 0.717) is 0 Å². The molecule has 0 aromatic heterocycles. The molecule has 0 amide bonds. The van der Waals surface area contributed by atoms with Gasteiger partial charge in [0.15, 0.2) is 0 Å². The number of sulfonamides is 1. The Labute approximate surface area is 120 Å². The highest BCUT2D eigenvalue weighted by atomic mass is 32.2. The van der Waals surface area contributed by atoms with E-state index in [0.717, 1.165) is 17.5 Å². The highest BCUT2D eigenvalue weighted by Gasteiger charge is 2.18. The second-order valence-corrected chi connectivity index (χ2v) is 6.49. The van der Waals surface area contributed by atoms with E-state index < -0.39 is 10.0 Å². The third-order valence-corrected chi connectivity index (χ3v) is 4.49. The average molecular weight is 289 g/mol. The molecule has 0 saturated heterocycles. The first kappa shape index (κ1) is 14.8. The van der Waals surface area contributed by atoms with Crippen LogP contribution in [-0.4, -0.2) is 8.42 Å². The predicted octanol–water partition coefficient (Wildman–Crippen LogP) is 3.26. The smallest absolute Gasteiger partial charge is 0.212 e. The van der Waals surface area contributed by atoms with Crippen molar-refractivity contribution in [3.8, 4) is 0 Å². The van der Waals surface area contributed by atoms with E-state index in [4.69, 9.17) is 0 Å². The first-order valence-corrected chi connectivity index (χ1v) is 8.35. The molecule has 1 atom stereocenters. The second kappa shape index (κ2) is 6.68. The van der Waals surface area contributed by atoms with Gasteiger partial charge < -0.3 is 0 Å². The summed E-state index contributed by atoms with van der Waals surface area (Å²) in [4.78, 5) is 0. The van der Waals surface area contributed by atoms with Crippen LogP contribution in [0, 0.1) is 0 Å². The molecule has 2 aromatic carbocycles. The third-order valence-electron chi connectivity index (χ3n) is 3.13. The van der Waals surface area contributed by atoms with Crippen LogP contribution in [0.3, 0.4) is 0 Å². The minimum absolute atomic E-state index is 0.0111. The van der Waals surface area contributed by atoms with E-state index in [2.05, 4.69) is 4.72 Å². The Balaban J connectivity index is 2.11. The molecule has 3 nitrogen and oxygen atoms in total. The maximum absolute atomic E-state index is 12.2. The van der Waals surface area contributed by atoms with Crippen LogP contribution in [0.25, 0.3) is 0 Å². The maximum atomic E-state index is 12.2. The molecule has 0 fully saturated rings. The van der Waals surface area contributed by atoms with Crippen LogP contribution in [0.4, 0.5) is 0 Å². The highest BCUT2D eigenvalue weighted by molar-refractivity contribution is 7.88. The number of benzene rings is 2. The molecule has 0 spiro atoms. The molecule has 106 valence electrons. The summed E-state index contributed by atoms with van der Waals surface area (Å²) in [5.74, 6) is 0.0111. The maximum Gasteiger partial charge on any atom is 0.216 e. The van der Waals surface area contributed by atoms with Gasteiger partial charge >= 0.3 is 0 Å². The molecule has 1 N–H and O–H groups in total. The van der Waals surface area contributed by atoms with Gasteiger partial charge in [0, 0.05) is 6.04 Å². The van der Waals surface area contributed by atoms with Crippen LogP contribution in [0.15, 0.2) is 60.7 Å². The van der Waals surface area contributed by atoms with Crippen molar-refractivity contribution in [3.05, 3.63) is 71.8 Å². The number of rotatable bonds is 6. The van der Waals surface area contributed by atoms with Crippen LogP contribution in [0.2, 0.25) is 0 Å². The van der Waals surface area contributed by atoms with Crippen molar-refractivity contribution in [2.24, 2.45) is 0 Å². The van der Waals surface area contributed by atoms with Crippen LogP contribution in [-0.2, 0) is 15.8 Å². The van der Waals surface area contributed by atoms with Crippen LogP contribution in [0.5, 0.6) is 0 Å². The van der Waals surface area contributed by atoms with E-state index in [9.17, 15) is 8.42 Å². The Morgan fingerprint density at radius 1 is 0.950 bits per heavy atom. The van der Waals surface area contributed by atoms with Crippen LogP contribution < -0.4 is 4.72 Å². The third kappa shape index (κ3) is 4.18. The van der Waals surface area contributed by atoms with Crippen LogP contribution >= 0.6 is 0 Å². The SMILES string of the molecule is CC[C@H](NS(=O)(=O)Cc1ccccc1)c1ccccc1. The number of hydrogen-bond acceptors (Lipinski definition) is 2. The van der Waals surface area contributed by atoms with Crippen molar-refractivity contribution in [1.82, 2.24) is 4.72 Å². The van der Waals surface area contributed by atoms with E-state index >= 15 is 0 Å². The van der Waals surface area contributed by atoms with Gasteiger partial charge in [0.25, 0.3) is 0 Å². The fraction of sp³-hybridized carbons (Fsp3) is 0.250. The Hall–Kier alpha value is -1.65. The largest absolute Gasteiger partial charge is 0.216 e. The van der Waals surface area contributed by atoms with Gasteiger partial charge in [-0.15, -0.1) is 0 Å². The Morgan fingerprint density at radius 2 is 1.50 bits per heavy atom. The molecule has 0 saturated carbocycles. The second-order valence-electron chi connectivity index (χ2n) is 4.73. The lowest BCUT2D eigenvalue weighted by atomic mass is 10.1. The van der Waals surface area contributed by atoms with Crippen molar-refractivity contribution >= 4 is 10.0 Å². The highest BCUT2D eigenvalue weighted by Crippen LogP contribution is 2.18. The summed E-state index contributed by atoms with van der Waals surface area (Å²) in [5, 5.41) is 0. The number of hydrogen-bond donors (Lipinski definition) is 1. The Morgan fingerprint density at radius 3 is 2.05 bits per heavy atom. The lowest BCUT2D eigenvalue weighted by Crippen LogP contribution is -2.29. The van der Waals surface area contributed by atoms with Gasteiger partial charge in [0.1, 0.15) is 0 Å². The zero-order valence-electron chi connectivity index (χ0n) is 11.5. The van der Waals surface area contributed by atoms with E-state index in [1.807, 2.05) is 67.6 Å². The minimum Gasteiger partial charge on any atom is -0.212 e. The lowest BCUT2D eigenvalue weighted by Gasteiger charge is -2.17. The monoisotopic (exact) mass is 289 g/mol. The van der Waals surface area contributed by atoms with Gasteiger partial charge in [-0.1, -0.05) is 67.6 Å². The molecule has 0 aliphatic heterocycles. The van der Waals surface area contributed by atoms with Gasteiger partial charge in [-0.05, 0) is 17.5 Å². The molecule has 0 unspecified atom stereocenters. The molecule has 0 bridgehead atoms. The van der Waals surface area contributed by atoms with Gasteiger partial charge in [-0.3, -0.25) is 0 Å². The zero-order chi connectivity index (χ0) is 14.4. The summed E-state index contributed by atoms with van der Waals surface area (Å²) in [5.41, 5.74) is 1.79. The first-order chi connectivity index (χ1) is 9.61. The van der Waals surface area contributed by atoms with Gasteiger partial charge in [-0.2, -0.15) is 0 Å². The molecular weight excluding hydrogens is 270 g/mol. The van der Waals surface area contributed by atoms with E-state index in [1.54, 1.807) is 0 Å². The first-order valence-electron chi connectivity index (χ1n) is 6.69. The summed E-state index contributed by atoms with van der Waals surface area (Å²) < 4.78 is 27.2. The molecule has 0 radical (unpaired) electrons. The average Bonchev–Trinajstić information content (AvgIpc) is 2.46. The molecule has 2 aromatic rings. The Kier molecular flexibility index (Phi) is 4.93. The molecule has 20 heavy (non-hydrogen) atoms. The van der Waals surface area contributed by atoms with Gasteiger partial charge in [0.05, 0.1) is 5.75 Å². The van der Waals surface area contributed by atoms with E-state index in [-0.39, 0.29) is 11.8 Å². The molecular formula is C16H19NO2S. The zero-order valence-corrected chi connectivity index (χ0v) is 12.3. The summed E-state index contributed by atoms with van der Waals surface area (Å²) in [6.07, 6.45) is 0.720. The van der Waals surface area contributed by atoms with Crippen LogP contribution in [0.1, 0.15) is 30.5 Å². The molecule has 0 aliphatic rings. The summed E-state index contributed by atoms with van der Waals surface area (Å²) in [6.45, 7) is 1.97. The molecule has 0 heterocycles. The van der Waals surface area contributed by atoms with Crippen molar-refractivity contribution in [2.45, 2.75) is 25.1 Å². The quantitative estimate of drug-likeness (QED) is 0.887. The Bertz CT molecular complexity index is 624. The normalized spacial score (nSPS) is 13.1. The van der Waals surface area contributed by atoms with Crippen molar-refractivity contribution in [1.29, 1.82) is 0 Å². The number of nitrogens with one attached hydrogen (secondary N) is 1.